The minimum Gasteiger partial charge on any atom is -0.497 e. The minimum absolute atomic E-state index is 0.232. The van der Waals surface area contributed by atoms with Gasteiger partial charge in [-0.2, -0.15) is 5.10 Å². The molecule has 8 heteroatoms. The van der Waals surface area contributed by atoms with Crippen LogP contribution < -0.4 is 20.1 Å². The Labute approximate surface area is 217 Å². The number of ether oxygens (including phenoxy) is 2. The van der Waals surface area contributed by atoms with Crippen LogP contribution >= 0.6 is 15.9 Å². The highest BCUT2D eigenvalue weighted by Gasteiger charge is 2.34. The number of methoxy groups -OCH3 is 2. The molecule has 0 radical (unpaired) electrons. The minimum atomic E-state index is -0.434. The number of fused-ring (bicyclic) bond motifs is 1. The first-order valence-corrected chi connectivity index (χ1v) is 12.2. The molecule has 1 aromatic heterocycles. The monoisotopic (exact) mass is 544 g/mol. The third kappa shape index (κ3) is 4.47. The molecule has 0 aliphatic carbocycles. The van der Waals surface area contributed by atoms with Crippen molar-refractivity contribution in [2.75, 3.05) is 24.9 Å². The van der Waals surface area contributed by atoms with Gasteiger partial charge in [-0.3, -0.25) is 4.79 Å². The van der Waals surface area contributed by atoms with Crippen molar-refractivity contribution >= 4 is 33.3 Å². The molecule has 5 rings (SSSR count). The van der Waals surface area contributed by atoms with Crippen molar-refractivity contribution < 1.29 is 14.3 Å². The molecule has 1 atom stereocenters. The van der Waals surface area contributed by atoms with Crippen LogP contribution in [-0.4, -0.2) is 29.9 Å². The normalized spacial score (nSPS) is 14.6. The van der Waals surface area contributed by atoms with E-state index < -0.39 is 6.04 Å². The van der Waals surface area contributed by atoms with E-state index >= 15 is 0 Å². The van der Waals surface area contributed by atoms with Crippen molar-refractivity contribution in [2.24, 2.45) is 0 Å². The molecule has 0 unspecified atom stereocenters. The molecule has 0 saturated carbocycles. The van der Waals surface area contributed by atoms with Gasteiger partial charge in [0.2, 0.25) is 0 Å². The highest BCUT2D eigenvalue weighted by Crippen LogP contribution is 2.39. The van der Waals surface area contributed by atoms with E-state index in [0.717, 1.165) is 38.6 Å². The number of para-hydroxylation sites is 2. The first-order valence-electron chi connectivity index (χ1n) is 11.4. The van der Waals surface area contributed by atoms with Crippen molar-refractivity contribution in [3.05, 3.63) is 100 Å². The summed E-state index contributed by atoms with van der Waals surface area (Å²) >= 11 is 3.51. The van der Waals surface area contributed by atoms with Crippen LogP contribution in [0, 0.1) is 0 Å². The maximum Gasteiger partial charge on any atom is 0.255 e. The van der Waals surface area contributed by atoms with Crippen LogP contribution in [0.15, 0.2) is 94.6 Å². The molecule has 1 aliphatic heterocycles. The predicted octanol–water partition coefficient (Wildman–Crippen LogP) is 6.26. The molecule has 0 spiro atoms. The third-order valence-corrected chi connectivity index (χ3v) is 6.67. The lowest BCUT2D eigenvalue weighted by atomic mass is 9.95. The Balaban J connectivity index is 1.58. The zero-order valence-corrected chi connectivity index (χ0v) is 21.7. The molecular formula is C28H25BrN4O3. The number of halogens is 1. The summed E-state index contributed by atoms with van der Waals surface area (Å²) in [6, 6.07) is 24.6. The largest absolute Gasteiger partial charge is 0.497 e. The van der Waals surface area contributed by atoms with E-state index in [2.05, 4.69) is 26.6 Å². The Morgan fingerprint density at radius 2 is 1.72 bits per heavy atom. The first-order chi connectivity index (χ1) is 17.5. The van der Waals surface area contributed by atoms with Gasteiger partial charge in [0.1, 0.15) is 23.4 Å². The quantitative estimate of drug-likeness (QED) is 0.299. The van der Waals surface area contributed by atoms with E-state index in [4.69, 9.17) is 14.6 Å². The molecule has 0 saturated heterocycles. The Kier molecular flexibility index (Phi) is 6.52. The van der Waals surface area contributed by atoms with Gasteiger partial charge in [-0.25, -0.2) is 4.68 Å². The Hall–Kier alpha value is -4.04. The lowest BCUT2D eigenvalue weighted by Gasteiger charge is -2.30. The summed E-state index contributed by atoms with van der Waals surface area (Å²) in [4.78, 5) is 13.7. The topological polar surface area (TPSA) is 77.4 Å². The molecule has 2 N–H and O–H groups in total. The van der Waals surface area contributed by atoms with Crippen LogP contribution in [-0.2, 0) is 4.79 Å². The Morgan fingerprint density at radius 1 is 1.00 bits per heavy atom. The molecular weight excluding hydrogens is 520 g/mol. The van der Waals surface area contributed by atoms with Crippen LogP contribution in [0.3, 0.4) is 0 Å². The lowest BCUT2D eigenvalue weighted by Crippen LogP contribution is -2.31. The van der Waals surface area contributed by atoms with Crippen molar-refractivity contribution in [3.8, 4) is 22.8 Å². The Morgan fingerprint density at radius 3 is 2.42 bits per heavy atom. The maximum absolute atomic E-state index is 13.7. The molecule has 36 heavy (non-hydrogen) atoms. The zero-order valence-electron chi connectivity index (χ0n) is 20.1. The first kappa shape index (κ1) is 23.7. The van der Waals surface area contributed by atoms with Crippen LogP contribution in [0.5, 0.6) is 11.5 Å². The van der Waals surface area contributed by atoms with Crippen molar-refractivity contribution in [3.63, 3.8) is 0 Å². The summed E-state index contributed by atoms with van der Waals surface area (Å²) in [7, 11) is 3.22. The summed E-state index contributed by atoms with van der Waals surface area (Å²) in [6.07, 6.45) is 0. The number of nitrogens with one attached hydrogen (secondary N) is 2. The smallest absolute Gasteiger partial charge is 0.255 e. The van der Waals surface area contributed by atoms with Gasteiger partial charge in [0.05, 0.1) is 31.2 Å². The SMILES string of the molecule is COc1ccc(-c2cc3n(n2)[C@H](c2ccc(Br)cc2)C(C(=O)Nc2ccccc2OC)=C(C)N3)cc1. The van der Waals surface area contributed by atoms with Gasteiger partial charge in [-0.05, 0) is 61.0 Å². The summed E-state index contributed by atoms with van der Waals surface area (Å²) in [5, 5.41) is 11.3. The fourth-order valence-electron chi connectivity index (χ4n) is 4.36. The van der Waals surface area contributed by atoms with Gasteiger partial charge in [0.15, 0.2) is 0 Å². The number of anilines is 2. The van der Waals surface area contributed by atoms with E-state index in [0.29, 0.717) is 17.0 Å². The number of carbonyl (C=O) groups is 1. The molecule has 182 valence electrons. The van der Waals surface area contributed by atoms with Crippen LogP contribution in [0.25, 0.3) is 11.3 Å². The fraction of sp³-hybridized carbons (Fsp3) is 0.143. The Bertz CT molecular complexity index is 1440. The number of aromatic nitrogens is 2. The van der Waals surface area contributed by atoms with Crippen LogP contribution in [0.1, 0.15) is 18.5 Å². The fourth-order valence-corrected chi connectivity index (χ4v) is 4.62. The van der Waals surface area contributed by atoms with Crippen molar-refractivity contribution in [1.82, 2.24) is 9.78 Å². The molecule has 3 aromatic carbocycles. The van der Waals surface area contributed by atoms with Crippen molar-refractivity contribution in [1.29, 1.82) is 0 Å². The average Bonchev–Trinajstić information content (AvgIpc) is 3.32. The van der Waals surface area contributed by atoms with Gasteiger partial charge < -0.3 is 20.1 Å². The number of allylic oxidation sites excluding steroid dienone is 1. The molecule has 1 aliphatic rings. The molecule has 1 amide bonds. The number of hydrogen-bond donors (Lipinski definition) is 2. The average molecular weight is 545 g/mol. The summed E-state index contributed by atoms with van der Waals surface area (Å²) in [5.74, 6) is 1.95. The zero-order chi connectivity index (χ0) is 25.2. The van der Waals surface area contributed by atoms with E-state index in [-0.39, 0.29) is 5.91 Å². The summed E-state index contributed by atoms with van der Waals surface area (Å²) in [5.41, 5.74) is 4.61. The lowest BCUT2D eigenvalue weighted by molar-refractivity contribution is -0.113. The van der Waals surface area contributed by atoms with E-state index in [1.165, 1.54) is 0 Å². The predicted molar refractivity (Wildman–Crippen MR) is 144 cm³/mol. The van der Waals surface area contributed by atoms with E-state index in [9.17, 15) is 4.79 Å². The van der Waals surface area contributed by atoms with Gasteiger partial charge in [0, 0.05) is 21.8 Å². The van der Waals surface area contributed by atoms with Gasteiger partial charge in [-0.15, -0.1) is 0 Å². The highest BCUT2D eigenvalue weighted by molar-refractivity contribution is 9.10. The molecule has 2 heterocycles. The summed E-state index contributed by atoms with van der Waals surface area (Å²) < 4.78 is 13.5. The van der Waals surface area contributed by atoms with Gasteiger partial charge in [-0.1, -0.05) is 40.2 Å². The highest BCUT2D eigenvalue weighted by atomic mass is 79.9. The van der Waals surface area contributed by atoms with Gasteiger partial charge in [0.25, 0.3) is 5.91 Å². The number of rotatable bonds is 6. The number of benzene rings is 3. The van der Waals surface area contributed by atoms with Crippen LogP contribution in [0.4, 0.5) is 11.5 Å². The second kappa shape index (κ2) is 9.91. The second-order valence-electron chi connectivity index (χ2n) is 8.36. The summed E-state index contributed by atoms with van der Waals surface area (Å²) in [6.45, 7) is 1.91. The van der Waals surface area contributed by atoms with Crippen LogP contribution in [0.2, 0.25) is 0 Å². The number of hydrogen-bond acceptors (Lipinski definition) is 5. The number of nitrogens with zero attached hydrogens (tertiary/aromatic N) is 2. The molecule has 0 fully saturated rings. The molecule has 0 bridgehead atoms. The third-order valence-electron chi connectivity index (χ3n) is 6.14. The number of amides is 1. The second-order valence-corrected chi connectivity index (χ2v) is 9.28. The maximum atomic E-state index is 13.7. The van der Waals surface area contributed by atoms with E-state index in [1.807, 2.05) is 90.5 Å². The molecule has 7 nitrogen and oxygen atoms in total. The van der Waals surface area contributed by atoms with Crippen molar-refractivity contribution in [2.45, 2.75) is 13.0 Å². The standard InChI is InChI=1S/C28H25BrN4O3/c1-17-26(28(34)31-22-6-4-5-7-24(22)36-3)27(19-8-12-20(29)13-9-19)33-25(30-17)16-23(32-33)18-10-14-21(35-2)15-11-18/h4-16,27,30H,1-3H3,(H,31,34)/t27-/m1/s1. The van der Waals surface area contributed by atoms with Gasteiger partial charge >= 0.3 is 0 Å². The number of carbonyl (C=O) groups excluding carboxylic acids is 1. The van der Waals surface area contributed by atoms with E-state index in [1.54, 1.807) is 14.2 Å². The molecule has 4 aromatic rings.